The summed E-state index contributed by atoms with van der Waals surface area (Å²) < 4.78 is 0. The fourth-order valence-corrected chi connectivity index (χ4v) is 0.855. The van der Waals surface area contributed by atoms with E-state index < -0.39 is 0 Å². The highest BCUT2D eigenvalue weighted by Gasteiger charge is 1.90. The molecule has 0 unspecified atom stereocenters. The van der Waals surface area contributed by atoms with Crippen LogP contribution in [0.3, 0.4) is 0 Å². The van der Waals surface area contributed by atoms with Crippen LogP contribution in [0.25, 0.3) is 0 Å². The van der Waals surface area contributed by atoms with Crippen molar-refractivity contribution in [3.63, 3.8) is 0 Å². The fraction of sp³-hybridized carbons (Fsp3) is 0.273. The Morgan fingerprint density at radius 3 is 2.58 bits per heavy atom. The summed E-state index contributed by atoms with van der Waals surface area (Å²) in [5.41, 5.74) is 7.69. The normalized spacial score (nSPS) is 13.9. The molecule has 0 atom stereocenters. The van der Waals surface area contributed by atoms with Gasteiger partial charge in [-0.15, -0.1) is 0 Å². The van der Waals surface area contributed by atoms with Crippen molar-refractivity contribution in [2.24, 2.45) is 5.73 Å². The third-order valence-corrected chi connectivity index (χ3v) is 1.57. The molecular formula is C11H17N. The molecule has 12 heavy (non-hydrogen) atoms. The van der Waals surface area contributed by atoms with E-state index in [0.29, 0.717) is 6.54 Å². The second kappa shape index (κ2) is 6.62. The summed E-state index contributed by atoms with van der Waals surface area (Å²) >= 11 is 0. The highest BCUT2D eigenvalue weighted by molar-refractivity contribution is 5.39. The Hall–Kier alpha value is -1.08. The van der Waals surface area contributed by atoms with Crippen LogP contribution in [0.2, 0.25) is 0 Å². The largest absolute Gasteiger partial charge is 0.327 e. The first-order chi connectivity index (χ1) is 5.76. The SMILES string of the molecule is C=CC(=C\C=C\C)/C(C)=C/CN. The smallest absolute Gasteiger partial charge is 0.0112 e. The number of rotatable bonds is 4. The van der Waals surface area contributed by atoms with Gasteiger partial charge in [0.05, 0.1) is 0 Å². The molecule has 0 aromatic rings. The molecule has 1 nitrogen and oxygen atoms in total. The Morgan fingerprint density at radius 2 is 2.17 bits per heavy atom. The molecule has 0 aliphatic rings. The van der Waals surface area contributed by atoms with E-state index in [4.69, 9.17) is 5.73 Å². The first-order valence-electron chi connectivity index (χ1n) is 4.08. The van der Waals surface area contributed by atoms with Crippen LogP contribution in [0.15, 0.2) is 48.1 Å². The Labute approximate surface area is 75.0 Å². The first-order valence-corrected chi connectivity index (χ1v) is 4.08. The lowest BCUT2D eigenvalue weighted by Gasteiger charge is -1.99. The fourth-order valence-electron chi connectivity index (χ4n) is 0.855. The molecule has 0 bridgehead atoms. The molecule has 0 rings (SSSR count). The van der Waals surface area contributed by atoms with Gasteiger partial charge in [-0.1, -0.05) is 37.0 Å². The van der Waals surface area contributed by atoms with E-state index in [1.165, 1.54) is 5.57 Å². The molecule has 0 saturated carbocycles. The molecule has 66 valence electrons. The quantitative estimate of drug-likeness (QED) is 0.633. The van der Waals surface area contributed by atoms with E-state index in [1.54, 1.807) is 0 Å². The Morgan fingerprint density at radius 1 is 1.50 bits per heavy atom. The van der Waals surface area contributed by atoms with E-state index in [9.17, 15) is 0 Å². The molecule has 0 aliphatic heterocycles. The maximum absolute atomic E-state index is 5.39. The van der Waals surface area contributed by atoms with Crippen molar-refractivity contribution in [3.8, 4) is 0 Å². The van der Waals surface area contributed by atoms with Gasteiger partial charge < -0.3 is 5.73 Å². The van der Waals surface area contributed by atoms with Gasteiger partial charge in [0.1, 0.15) is 0 Å². The average molecular weight is 163 g/mol. The van der Waals surface area contributed by atoms with Crippen molar-refractivity contribution in [2.75, 3.05) is 6.54 Å². The highest BCUT2D eigenvalue weighted by Crippen LogP contribution is 2.09. The van der Waals surface area contributed by atoms with Gasteiger partial charge in [-0.2, -0.15) is 0 Å². The van der Waals surface area contributed by atoms with Gasteiger partial charge in [-0.05, 0) is 25.0 Å². The van der Waals surface area contributed by atoms with Gasteiger partial charge in [0, 0.05) is 6.54 Å². The minimum absolute atomic E-state index is 0.576. The maximum atomic E-state index is 5.39. The average Bonchev–Trinajstić information content (AvgIpc) is 2.06. The van der Waals surface area contributed by atoms with Crippen LogP contribution >= 0.6 is 0 Å². The zero-order chi connectivity index (χ0) is 9.40. The Balaban J connectivity index is 4.54. The number of hydrogen-bond acceptors (Lipinski definition) is 1. The highest BCUT2D eigenvalue weighted by atomic mass is 14.5. The molecule has 0 amide bonds. The van der Waals surface area contributed by atoms with Crippen molar-refractivity contribution in [1.82, 2.24) is 0 Å². The molecule has 0 heterocycles. The van der Waals surface area contributed by atoms with E-state index >= 15 is 0 Å². The lowest BCUT2D eigenvalue weighted by Crippen LogP contribution is -1.95. The molecule has 0 saturated heterocycles. The summed E-state index contributed by atoms with van der Waals surface area (Å²) in [6.45, 7) is 8.33. The predicted molar refractivity (Wildman–Crippen MR) is 55.9 cm³/mol. The molecule has 2 N–H and O–H groups in total. The Kier molecular flexibility index (Phi) is 6.02. The minimum Gasteiger partial charge on any atom is -0.327 e. The zero-order valence-corrected chi connectivity index (χ0v) is 7.88. The van der Waals surface area contributed by atoms with Crippen LogP contribution in [0.5, 0.6) is 0 Å². The van der Waals surface area contributed by atoms with Crippen LogP contribution in [0.1, 0.15) is 13.8 Å². The van der Waals surface area contributed by atoms with Gasteiger partial charge in [0.15, 0.2) is 0 Å². The molecule has 0 fully saturated rings. The van der Waals surface area contributed by atoms with Crippen LogP contribution in [-0.4, -0.2) is 6.54 Å². The third kappa shape index (κ3) is 3.94. The van der Waals surface area contributed by atoms with E-state index in [-0.39, 0.29) is 0 Å². The van der Waals surface area contributed by atoms with Gasteiger partial charge in [-0.3, -0.25) is 0 Å². The lowest BCUT2D eigenvalue weighted by atomic mass is 10.1. The van der Waals surface area contributed by atoms with Crippen LogP contribution in [0, 0.1) is 0 Å². The molecule has 1 heteroatoms. The molecule has 0 spiro atoms. The van der Waals surface area contributed by atoms with Crippen molar-refractivity contribution in [2.45, 2.75) is 13.8 Å². The summed E-state index contributed by atoms with van der Waals surface area (Å²) in [5.74, 6) is 0. The Bertz CT molecular complexity index is 219. The number of allylic oxidation sites excluding steroid dienone is 6. The second-order valence-corrected chi connectivity index (χ2v) is 2.47. The summed E-state index contributed by atoms with van der Waals surface area (Å²) in [7, 11) is 0. The number of hydrogen-bond donors (Lipinski definition) is 1. The van der Waals surface area contributed by atoms with E-state index in [0.717, 1.165) is 5.57 Å². The van der Waals surface area contributed by atoms with Crippen LogP contribution < -0.4 is 5.73 Å². The molecular weight excluding hydrogens is 146 g/mol. The molecule has 0 aromatic carbocycles. The molecule has 0 radical (unpaired) electrons. The topological polar surface area (TPSA) is 26.0 Å². The summed E-state index contributed by atoms with van der Waals surface area (Å²) in [6.07, 6.45) is 9.82. The van der Waals surface area contributed by atoms with Gasteiger partial charge in [-0.25, -0.2) is 0 Å². The van der Waals surface area contributed by atoms with Crippen molar-refractivity contribution >= 4 is 0 Å². The first kappa shape index (κ1) is 10.9. The third-order valence-electron chi connectivity index (χ3n) is 1.57. The summed E-state index contributed by atoms with van der Waals surface area (Å²) in [5, 5.41) is 0. The van der Waals surface area contributed by atoms with Crippen LogP contribution in [-0.2, 0) is 0 Å². The molecule has 0 aliphatic carbocycles. The minimum atomic E-state index is 0.576. The van der Waals surface area contributed by atoms with Crippen molar-refractivity contribution in [1.29, 1.82) is 0 Å². The monoisotopic (exact) mass is 163 g/mol. The predicted octanol–water partition coefficient (Wildman–Crippen LogP) is 2.58. The molecule has 0 aromatic heterocycles. The zero-order valence-electron chi connectivity index (χ0n) is 7.88. The van der Waals surface area contributed by atoms with E-state index in [1.807, 2.05) is 44.2 Å². The maximum Gasteiger partial charge on any atom is 0.0112 e. The van der Waals surface area contributed by atoms with Crippen molar-refractivity contribution < 1.29 is 0 Å². The summed E-state index contributed by atoms with van der Waals surface area (Å²) in [6, 6.07) is 0. The van der Waals surface area contributed by atoms with Crippen LogP contribution in [0.4, 0.5) is 0 Å². The van der Waals surface area contributed by atoms with Gasteiger partial charge in [0.25, 0.3) is 0 Å². The van der Waals surface area contributed by atoms with Gasteiger partial charge in [0.2, 0.25) is 0 Å². The lowest BCUT2D eigenvalue weighted by molar-refractivity contribution is 1.22. The number of nitrogens with two attached hydrogens (primary N) is 1. The standard InChI is InChI=1S/C11H17N/c1-4-6-7-11(5-2)10(3)8-9-12/h4-8H,2,9,12H2,1,3H3/b6-4+,10-8+,11-7+. The van der Waals surface area contributed by atoms with Gasteiger partial charge >= 0.3 is 0 Å². The second-order valence-electron chi connectivity index (χ2n) is 2.47. The van der Waals surface area contributed by atoms with Crippen molar-refractivity contribution in [3.05, 3.63) is 48.1 Å². The van der Waals surface area contributed by atoms with E-state index in [2.05, 4.69) is 6.58 Å². The summed E-state index contributed by atoms with van der Waals surface area (Å²) in [4.78, 5) is 0.